The molecule has 2 amide bonds. The second kappa shape index (κ2) is 9.24. The molecule has 7 heteroatoms. The van der Waals surface area contributed by atoms with Crippen LogP contribution in [0.4, 0.5) is 4.79 Å². The van der Waals surface area contributed by atoms with E-state index in [2.05, 4.69) is 10.6 Å². The third-order valence-electron chi connectivity index (χ3n) is 3.79. The molecular weight excluding hydrogens is 312 g/mol. The first kappa shape index (κ1) is 18.2. The van der Waals surface area contributed by atoms with Gasteiger partial charge < -0.3 is 25.2 Å². The summed E-state index contributed by atoms with van der Waals surface area (Å²) in [6.07, 6.45) is 0.109. The summed E-state index contributed by atoms with van der Waals surface area (Å²) in [5, 5.41) is 14.9. The van der Waals surface area contributed by atoms with E-state index in [1.807, 2.05) is 37.3 Å². The second-order valence-electron chi connectivity index (χ2n) is 5.71. The van der Waals surface area contributed by atoms with Crippen LogP contribution in [0.1, 0.15) is 31.7 Å². The fourth-order valence-corrected chi connectivity index (χ4v) is 2.47. The Morgan fingerprint density at radius 1 is 1.38 bits per heavy atom. The third-order valence-corrected chi connectivity index (χ3v) is 3.79. The summed E-state index contributed by atoms with van der Waals surface area (Å²) < 4.78 is 10.1. The van der Waals surface area contributed by atoms with Crippen LogP contribution in [0.2, 0.25) is 0 Å². The smallest absolute Gasteiger partial charge is 0.408 e. The van der Waals surface area contributed by atoms with Crippen molar-refractivity contribution in [1.29, 1.82) is 0 Å². The highest BCUT2D eigenvalue weighted by molar-refractivity contribution is 5.85. The van der Waals surface area contributed by atoms with Crippen molar-refractivity contribution < 1.29 is 24.2 Å². The van der Waals surface area contributed by atoms with Crippen molar-refractivity contribution in [2.24, 2.45) is 0 Å². The van der Waals surface area contributed by atoms with Crippen LogP contribution in [0.15, 0.2) is 30.3 Å². The molecule has 1 aliphatic heterocycles. The molecule has 1 aromatic carbocycles. The maximum Gasteiger partial charge on any atom is 0.408 e. The van der Waals surface area contributed by atoms with Crippen LogP contribution in [0.5, 0.6) is 0 Å². The van der Waals surface area contributed by atoms with Crippen LogP contribution in [-0.2, 0) is 20.9 Å². The number of hydrogen-bond donors (Lipinski definition) is 3. The third kappa shape index (κ3) is 5.50. The van der Waals surface area contributed by atoms with Crippen molar-refractivity contribution in [2.45, 2.75) is 51.2 Å². The molecule has 1 aromatic rings. The first-order valence-electron chi connectivity index (χ1n) is 8.17. The molecule has 0 saturated carbocycles. The number of amides is 2. The van der Waals surface area contributed by atoms with Gasteiger partial charge in [0.25, 0.3) is 0 Å². The highest BCUT2D eigenvalue weighted by Gasteiger charge is 2.30. The van der Waals surface area contributed by atoms with Crippen LogP contribution < -0.4 is 10.6 Å². The highest BCUT2D eigenvalue weighted by atomic mass is 16.6. The van der Waals surface area contributed by atoms with E-state index in [1.54, 1.807) is 0 Å². The molecule has 3 atom stereocenters. The topological polar surface area (TPSA) is 96.9 Å². The van der Waals surface area contributed by atoms with Gasteiger partial charge in [-0.25, -0.2) is 4.79 Å². The van der Waals surface area contributed by atoms with E-state index in [4.69, 9.17) is 9.47 Å². The van der Waals surface area contributed by atoms with Crippen molar-refractivity contribution in [1.82, 2.24) is 10.6 Å². The zero-order valence-corrected chi connectivity index (χ0v) is 13.7. The van der Waals surface area contributed by atoms with Crippen molar-refractivity contribution in [3.63, 3.8) is 0 Å². The Morgan fingerprint density at radius 3 is 2.75 bits per heavy atom. The van der Waals surface area contributed by atoms with Crippen molar-refractivity contribution >= 4 is 12.0 Å². The minimum atomic E-state index is -0.999. The van der Waals surface area contributed by atoms with Crippen molar-refractivity contribution in [3.05, 3.63) is 35.9 Å². The van der Waals surface area contributed by atoms with Gasteiger partial charge in [-0.1, -0.05) is 43.7 Å². The summed E-state index contributed by atoms with van der Waals surface area (Å²) in [7, 11) is 0. The number of alkyl carbamates (subject to hydrolysis) is 1. The maximum atomic E-state index is 12.3. The summed E-state index contributed by atoms with van der Waals surface area (Å²) in [6.45, 7) is 2.46. The Morgan fingerprint density at radius 2 is 2.12 bits per heavy atom. The molecule has 2 rings (SSSR count). The highest BCUT2D eigenvalue weighted by Crippen LogP contribution is 2.11. The molecule has 24 heavy (non-hydrogen) atoms. The zero-order valence-electron chi connectivity index (χ0n) is 13.7. The van der Waals surface area contributed by atoms with Crippen LogP contribution in [0.3, 0.4) is 0 Å². The van der Waals surface area contributed by atoms with Gasteiger partial charge >= 0.3 is 6.09 Å². The van der Waals surface area contributed by atoms with Gasteiger partial charge in [0.15, 0.2) is 6.29 Å². The van der Waals surface area contributed by atoms with Gasteiger partial charge in [-0.2, -0.15) is 0 Å². The van der Waals surface area contributed by atoms with E-state index in [0.29, 0.717) is 19.4 Å². The van der Waals surface area contributed by atoms with E-state index >= 15 is 0 Å². The number of aliphatic hydroxyl groups excluding tert-OH is 1. The fraction of sp³-hybridized carbons (Fsp3) is 0.529. The van der Waals surface area contributed by atoms with Gasteiger partial charge in [-0.3, -0.25) is 4.79 Å². The first-order chi connectivity index (χ1) is 11.6. The molecule has 0 radical (unpaired) electrons. The van der Waals surface area contributed by atoms with Crippen LogP contribution in [0.25, 0.3) is 0 Å². The normalized spacial score (nSPS) is 21.1. The number of nitrogens with one attached hydrogen (secondary N) is 2. The Labute approximate surface area is 141 Å². The number of carbonyl (C=O) groups excluding carboxylic acids is 2. The Balaban J connectivity index is 1.82. The summed E-state index contributed by atoms with van der Waals surface area (Å²) in [4.78, 5) is 24.2. The Kier molecular flexibility index (Phi) is 7.02. The summed E-state index contributed by atoms with van der Waals surface area (Å²) in [5.41, 5.74) is 0.871. The van der Waals surface area contributed by atoms with Crippen LogP contribution in [0, 0.1) is 0 Å². The average Bonchev–Trinajstić information content (AvgIpc) is 2.98. The summed E-state index contributed by atoms with van der Waals surface area (Å²) in [6, 6.07) is 8.16. The molecule has 1 saturated heterocycles. The maximum absolute atomic E-state index is 12.3. The second-order valence-corrected chi connectivity index (χ2v) is 5.71. The number of benzene rings is 1. The van der Waals surface area contributed by atoms with Crippen LogP contribution in [-0.4, -0.2) is 42.1 Å². The van der Waals surface area contributed by atoms with Crippen molar-refractivity contribution in [3.8, 4) is 0 Å². The molecule has 0 aromatic heterocycles. The molecule has 0 bridgehead atoms. The molecule has 1 heterocycles. The standard InChI is InChI=1S/C17H24N2O5/c1-2-6-13(15(20)18-14-9-10-23-16(14)21)19-17(22)24-11-12-7-4-3-5-8-12/h3-5,7-8,13-14,16,21H,2,6,9-11H2,1H3,(H,18,20)(H,19,22)/t13-,14-,16?/m0/s1. The van der Waals surface area contributed by atoms with Gasteiger partial charge in [0.05, 0.1) is 12.6 Å². The van der Waals surface area contributed by atoms with E-state index in [1.165, 1.54) is 0 Å². The lowest BCUT2D eigenvalue weighted by molar-refractivity contribution is -0.127. The van der Waals surface area contributed by atoms with Crippen LogP contribution >= 0.6 is 0 Å². The molecule has 0 spiro atoms. The fourth-order valence-electron chi connectivity index (χ4n) is 2.47. The molecule has 3 N–H and O–H groups in total. The largest absolute Gasteiger partial charge is 0.445 e. The lowest BCUT2D eigenvalue weighted by Gasteiger charge is -2.21. The average molecular weight is 336 g/mol. The molecule has 1 aliphatic rings. The first-order valence-corrected chi connectivity index (χ1v) is 8.17. The number of aliphatic hydroxyl groups is 1. The Hall–Kier alpha value is -2.12. The van der Waals surface area contributed by atoms with Gasteiger partial charge in [-0.15, -0.1) is 0 Å². The predicted molar refractivity (Wildman–Crippen MR) is 87.0 cm³/mol. The summed E-state index contributed by atoms with van der Waals surface area (Å²) >= 11 is 0. The molecule has 132 valence electrons. The molecular formula is C17H24N2O5. The number of ether oxygens (including phenoxy) is 2. The quantitative estimate of drug-likeness (QED) is 0.697. The predicted octanol–water partition coefficient (Wildman–Crippen LogP) is 1.30. The van der Waals surface area contributed by atoms with Gasteiger partial charge in [0.2, 0.25) is 5.91 Å². The minimum absolute atomic E-state index is 0.141. The number of rotatable bonds is 7. The lowest BCUT2D eigenvalue weighted by atomic mass is 10.1. The summed E-state index contributed by atoms with van der Waals surface area (Å²) in [5.74, 6) is -0.344. The van der Waals surface area contributed by atoms with E-state index in [0.717, 1.165) is 12.0 Å². The van der Waals surface area contributed by atoms with Gasteiger partial charge in [0.1, 0.15) is 12.6 Å². The van der Waals surface area contributed by atoms with E-state index in [-0.39, 0.29) is 12.5 Å². The number of hydrogen-bond acceptors (Lipinski definition) is 5. The SMILES string of the molecule is CCC[C@H](NC(=O)OCc1ccccc1)C(=O)N[C@H]1CCOC1O. The monoisotopic (exact) mass is 336 g/mol. The Bertz CT molecular complexity index is 537. The molecule has 1 fully saturated rings. The van der Waals surface area contributed by atoms with E-state index in [9.17, 15) is 14.7 Å². The van der Waals surface area contributed by atoms with E-state index < -0.39 is 24.5 Å². The van der Waals surface area contributed by atoms with Crippen molar-refractivity contribution in [2.75, 3.05) is 6.61 Å². The molecule has 7 nitrogen and oxygen atoms in total. The lowest BCUT2D eigenvalue weighted by Crippen LogP contribution is -2.51. The molecule has 0 aliphatic carbocycles. The zero-order chi connectivity index (χ0) is 17.4. The number of carbonyl (C=O) groups is 2. The van der Waals surface area contributed by atoms with Gasteiger partial charge in [0, 0.05) is 0 Å². The minimum Gasteiger partial charge on any atom is -0.445 e. The van der Waals surface area contributed by atoms with Gasteiger partial charge in [-0.05, 0) is 18.4 Å². The molecule has 1 unspecified atom stereocenters.